The third-order valence-corrected chi connectivity index (χ3v) is 4.20. The predicted molar refractivity (Wildman–Crippen MR) is 70.3 cm³/mol. The molecule has 0 atom stereocenters. The van der Waals surface area contributed by atoms with Crippen LogP contribution in [-0.2, 0) is 10.0 Å². The van der Waals surface area contributed by atoms with Gasteiger partial charge in [0.1, 0.15) is 13.2 Å². The third-order valence-electron chi connectivity index (χ3n) is 2.74. The molecule has 6 nitrogen and oxygen atoms in total. The van der Waals surface area contributed by atoms with Gasteiger partial charge in [-0.2, -0.15) is 0 Å². The Kier molecular flexibility index (Phi) is 4.28. The molecule has 0 aromatic heterocycles. The first-order valence-electron chi connectivity index (χ1n) is 6.17. The number of ether oxygens (including phenoxy) is 2. The fourth-order valence-electron chi connectivity index (χ4n) is 1.71. The lowest BCUT2D eigenvalue weighted by Crippen LogP contribution is -3.06. The fourth-order valence-corrected chi connectivity index (χ4v) is 2.76. The molecule has 1 aliphatic rings. The van der Waals surface area contributed by atoms with Crippen molar-refractivity contribution < 1.29 is 22.8 Å². The van der Waals surface area contributed by atoms with E-state index in [-0.39, 0.29) is 4.90 Å². The molecule has 1 aromatic rings. The highest BCUT2D eigenvalue weighted by atomic mass is 32.2. The molecule has 106 valence electrons. The van der Waals surface area contributed by atoms with Gasteiger partial charge in [-0.25, -0.2) is 13.1 Å². The van der Waals surface area contributed by atoms with Crippen LogP contribution in [0, 0.1) is 0 Å². The summed E-state index contributed by atoms with van der Waals surface area (Å²) in [4.78, 5) is 1.38. The number of sulfonamides is 1. The molecule has 2 rings (SSSR count). The number of quaternary nitrogens is 1. The Morgan fingerprint density at radius 1 is 1.21 bits per heavy atom. The van der Waals surface area contributed by atoms with E-state index in [1.165, 1.54) is 17.0 Å². The van der Waals surface area contributed by atoms with Crippen LogP contribution >= 0.6 is 0 Å². The molecule has 0 fully saturated rings. The summed E-state index contributed by atoms with van der Waals surface area (Å²) in [6, 6.07) is 4.65. The second-order valence-electron chi connectivity index (χ2n) is 4.66. The van der Waals surface area contributed by atoms with Gasteiger partial charge in [-0.1, -0.05) is 0 Å². The molecule has 1 heterocycles. The minimum Gasteiger partial charge on any atom is -0.486 e. The van der Waals surface area contributed by atoms with Crippen LogP contribution in [0.15, 0.2) is 23.1 Å². The van der Waals surface area contributed by atoms with E-state index < -0.39 is 10.0 Å². The summed E-state index contributed by atoms with van der Waals surface area (Å²) in [5.41, 5.74) is 0. The third kappa shape index (κ3) is 3.59. The fraction of sp³-hybridized carbons (Fsp3) is 0.500. The number of benzene rings is 1. The van der Waals surface area contributed by atoms with Crippen LogP contribution in [0.1, 0.15) is 0 Å². The molecule has 1 aliphatic heterocycles. The van der Waals surface area contributed by atoms with Gasteiger partial charge in [0.25, 0.3) is 0 Å². The van der Waals surface area contributed by atoms with E-state index >= 15 is 0 Å². The van der Waals surface area contributed by atoms with E-state index in [4.69, 9.17) is 9.47 Å². The maximum absolute atomic E-state index is 12.1. The van der Waals surface area contributed by atoms with Crippen LogP contribution in [0.4, 0.5) is 0 Å². The summed E-state index contributed by atoms with van der Waals surface area (Å²) < 4.78 is 37.5. The number of hydrogen-bond donors (Lipinski definition) is 2. The van der Waals surface area contributed by atoms with Gasteiger partial charge in [-0.05, 0) is 12.1 Å². The maximum Gasteiger partial charge on any atom is 0.240 e. The zero-order valence-electron chi connectivity index (χ0n) is 11.1. The molecular formula is C12H19N2O4S+. The average molecular weight is 287 g/mol. The van der Waals surface area contributed by atoms with E-state index in [1.54, 1.807) is 6.07 Å². The molecule has 19 heavy (non-hydrogen) atoms. The highest BCUT2D eigenvalue weighted by Gasteiger charge is 2.19. The van der Waals surface area contributed by atoms with Crippen LogP contribution in [0.2, 0.25) is 0 Å². The molecule has 0 saturated carbocycles. The highest BCUT2D eigenvalue weighted by molar-refractivity contribution is 7.89. The highest BCUT2D eigenvalue weighted by Crippen LogP contribution is 2.31. The van der Waals surface area contributed by atoms with Gasteiger partial charge in [0, 0.05) is 6.07 Å². The van der Waals surface area contributed by atoms with Crippen molar-refractivity contribution in [2.24, 2.45) is 0 Å². The Morgan fingerprint density at radius 2 is 1.89 bits per heavy atom. The maximum atomic E-state index is 12.1. The monoisotopic (exact) mass is 287 g/mol. The van der Waals surface area contributed by atoms with Crippen molar-refractivity contribution in [3.63, 3.8) is 0 Å². The SMILES string of the molecule is C[NH+](C)CCNS(=O)(=O)c1ccc2c(c1)OCCO2. The summed E-state index contributed by atoms with van der Waals surface area (Å²) in [5, 5.41) is 0. The van der Waals surface area contributed by atoms with E-state index in [1.807, 2.05) is 14.1 Å². The average Bonchev–Trinajstić information content (AvgIpc) is 2.37. The molecular weight excluding hydrogens is 268 g/mol. The first kappa shape index (κ1) is 14.1. The van der Waals surface area contributed by atoms with Gasteiger partial charge >= 0.3 is 0 Å². The lowest BCUT2D eigenvalue weighted by molar-refractivity contribution is -0.856. The number of rotatable bonds is 5. The lowest BCUT2D eigenvalue weighted by atomic mass is 10.3. The normalized spacial score (nSPS) is 14.7. The molecule has 7 heteroatoms. The molecule has 0 amide bonds. The second kappa shape index (κ2) is 5.77. The first-order chi connectivity index (χ1) is 8.99. The summed E-state index contributed by atoms with van der Waals surface area (Å²) in [6.07, 6.45) is 0. The largest absolute Gasteiger partial charge is 0.486 e. The predicted octanol–water partition coefficient (Wildman–Crippen LogP) is -1.12. The molecule has 0 unspecified atom stereocenters. The summed E-state index contributed by atoms with van der Waals surface area (Å²) in [7, 11) is 0.453. The summed E-state index contributed by atoms with van der Waals surface area (Å²) in [6.45, 7) is 2.06. The van der Waals surface area contributed by atoms with Gasteiger partial charge in [0.2, 0.25) is 10.0 Å². The first-order valence-corrected chi connectivity index (χ1v) is 7.66. The van der Waals surface area contributed by atoms with Gasteiger partial charge in [0.05, 0.1) is 32.1 Å². The van der Waals surface area contributed by atoms with Crippen molar-refractivity contribution >= 4 is 10.0 Å². The second-order valence-corrected chi connectivity index (χ2v) is 6.43. The van der Waals surface area contributed by atoms with Crippen molar-refractivity contribution in [2.45, 2.75) is 4.90 Å². The number of nitrogens with one attached hydrogen (secondary N) is 2. The summed E-state index contributed by atoms with van der Waals surface area (Å²) in [5.74, 6) is 1.07. The van der Waals surface area contributed by atoms with Crippen LogP contribution < -0.4 is 19.1 Å². The topological polar surface area (TPSA) is 69.1 Å². The Hall–Kier alpha value is -1.31. The standard InChI is InChI=1S/C12H18N2O4S/c1-14(2)6-5-13-19(15,16)10-3-4-11-12(9-10)18-8-7-17-11/h3-4,9,13H,5-8H2,1-2H3/p+1. The minimum atomic E-state index is -3.49. The molecule has 2 N–H and O–H groups in total. The molecule has 0 radical (unpaired) electrons. The molecule has 1 aromatic carbocycles. The number of likely N-dealkylation sites (N-methyl/N-ethyl adjacent to an activating group) is 1. The number of hydrogen-bond acceptors (Lipinski definition) is 4. The van der Waals surface area contributed by atoms with Crippen LogP contribution in [0.3, 0.4) is 0 Å². The van der Waals surface area contributed by atoms with Gasteiger partial charge < -0.3 is 14.4 Å². The zero-order valence-corrected chi connectivity index (χ0v) is 11.9. The van der Waals surface area contributed by atoms with Gasteiger partial charge in [-0.15, -0.1) is 0 Å². The molecule has 0 bridgehead atoms. The Labute approximate surface area is 113 Å². The smallest absolute Gasteiger partial charge is 0.240 e. The van der Waals surface area contributed by atoms with Crippen LogP contribution in [0.25, 0.3) is 0 Å². The molecule has 0 saturated heterocycles. The van der Waals surface area contributed by atoms with E-state index in [2.05, 4.69) is 4.72 Å². The van der Waals surface area contributed by atoms with Crippen LogP contribution in [0.5, 0.6) is 11.5 Å². The summed E-state index contributed by atoms with van der Waals surface area (Å²) >= 11 is 0. The zero-order chi connectivity index (χ0) is 13.9. The Bertz CT molecular complexity index is 543. The van der Waals surface area contributed by atoms with Crippen molar-refractivity contribution in [3.05, 3.63) is 18.2 Å². The van der Waals surface area contributed by atoms with Gasteiger partial charge in [-0.3, -0.25) is 0 Å². The van der Waals surface area contributed by atoms with E-state index in [0.717, 1.165) is 6.54 Å². The van der Waals surface area contributed by atoms with Crippen molar-refractivity contribution in [3.8, 4) is 11.5 Å². The van der Waals surface area contributed by atoms with Crippen molar-refractivity contribution in [1.82, 2.24) is 4.72 Å². The van der Waals surface area contributed by atoms with Crippen molar-refractivity contribution in [2.75, 3.05) is 40.4 Å². The Balaban J connectivity index is 2.12. The minimum absolute atomic E-state index is 0.200. The van der Waals surface area contributed by atoms with Crippen molar-refractivity contribution in [1.29, 1.82) is 0 Å². The Morgan fingerprint density at radius 3 is 2.58 bits per heavy atom. The van der Waals surface area contributed by atoms with Crippen LogP contribution in [-0.4, -0.2) is 48.8 Å². The molecule has 0 spiro atoms. The van der Waals surface area contributed by atoms with Gasteiger partial charge in [0.15, 0.2) is 11.5 Å². The number of fused-ring (bicyclic) bond motifs is 1. The molecule has 0 aliphatic carbocycles. The quantitative estimate of drug-likeness (QED) is 0.720. The van der Waals surface area contributed by atoms with E-state index in [0.29, 0.717) is 31.3 Å². The lowest BCUT2D eigenvalue weighted by Gasteiger charge is -2.19. The van der Waals surface area contributed by atoms with E-state index in [9.17, 15) is 8.42 Å².